The van der Waals surface area contributed by atoms with Crippen molar-refractivity contribution in [2.45, 2.75) is 26.3 Å². The maximum atomic E-state index is 4.51. The summed E-state index contributed by atoms with van der Waals surface area (Å²) in [6.45, 7) is 6.38. The van der Waals surface area contributed by atoms with Gasteiger partial charge in [-0.2, -0.15) is 5.10 Å². The fourth-order valence-electron chi connectivity index (χ4n) is 1.35. The minimum atomic E-state index is 0.0209. The zero-order valence-corrected chi connectivity index (χ0v) is 9.31. The number of nitrogens with zero attached hydrogens (tertiary/aromatic N) is 3. The number of aromatic nitrogens is 3. The monoisotopic (exact) mass is 201 g/mol. The quantitative estimate of drug-likeness (QED) is 0.710. The van der Waals surface area contributed by atoms with Crippen LogP contribution in [-0.4, -0.2) is 14.8 Å². The molecule has 0 saturated carbocycles. The van der Waals surface area contributed by atoms with Gasteiger partial charge in [-0.05, 0) is 39.0 Å². The van der Waals surface area contributed by atoms with Crippen LogP contribution in [0.2, 0.25) is 0 Å². The average Bonchev–Trinajstić information content (AvgIpc) is 2.67. The van der Waals surface area contributed by atoms with Gasteiger partial charge in [0.25, 0.3) is 0 Å². The molecule has 0 unspecified atom stereocenters. The highest BCUT2D eigenvalue weighted by atomic mass is 15.3. The molecule has 0 amide bonds. The fraction of sp³-hybridized carbons (Fsp3) is 0.333. The minimum absolute atomic E-state index is 0.0209. The van der Waals surface area contributed by atoms with Crippen LogP contribution >= 0.6 is 0 Å². The van der Waals surface area contributed by atoms with Crippen molar-refractivity contribution in [3.05, 3.63) is 36.7 Å². The van der Waals surface area contributed by atoms with Crippen molar-refractivity contribution in [2.24, 2.45) is 0 Å². The first-order valence-corrected chi connectivity index (χ1v) is 5.05. The van der Waals surface area contributed by atoms with Gasteiger partial charge in [0.15, 0.2) is 0 Å². The molecule has 0 aliphatic rings. The Kier molecular flexibility index (Phi) is 2.31. The van der Waals surface area contributed by atoms with Crippen molar-refractivity contribution >= 4 is 0 Å². The molecule has 0 radical (unpaired) electrons. The largest absolute Gasteiger partial charge is 0.267 e. The van der Waals surface area contributed by atoms with Gasteiger partial charge in [0.05, 0.1) is 11.2 Å². The maximum absolute atomic E-state index is 4.51. The highest BCUT2D eigenvalue weighted by Gasteiger charge is 2.14. The van der Waals surface area contributed by atoms with E-state index in [1.807, 2.05) is 35.1 Å². The van der Waals surface area contributed by atoms with Crippen LogP contribution < -0.4 is 0 Å². The van der Waals surface area contributed by atoms with Gasteiger partial charge in [-0.25, -0.2) is 0 Å². The Hall–Kier alpha value is -1.64. The zero-order valence-electron chi connectivity index (χ0n) is 9.31. The van der Waals surface area contributed by atoms with E-state index in [0.717, 1.165) is 11.4 Å². The molecule has 3 heteroatoms. The molecule has 0 aromatic carbocycles. The summed E-state index contributed by atoms with van der Waals surface area (Å²) >= 11 is 0. The van der Waals surface area contributed by atoms with Gasteiger partial charge in [0.2, 0.25) is 0 Å². The summed E-state index contributed by atoms with van der Waals surface area (Å²) in [5.74, 6) is 0. The van der Waals surface area contributed by atoms with E-state index in [2.05, 4.69) is 30.9 Å². The van der Waals surface area contributed by atoms with Gasteiger partial charge in [0, 0.05) is 12.4 Å². The molecular formula is C12H15N3. The van der Waals surface area contributed by atoms with Crippen molar-refractivity contribution in [3.8, 4) is 11.4 Å². The lowest BCUT2D eigenvalue weighted by atomic mass is 10.1. The molecule has 0 saturated heterocycles. The second kappa shape index (κ2) is 3.50. The van der Waals surface area contributed by atoms with E-state index in [1.165, 1.54) is 0 Å². The van der Waals surface area contributed by atoms with Gasteiger partial charge in [-0.15, -0.1) is 0 Å². The van der Waals surface area contributed by atoms with Crippen LogP contribution in [0.1, 0.15) is 20.8 Å². The van der Waals surface area contributed by atoms with Crippen molar-refractivity contribution in [2.75, 3.05) is 0 Å². The predicted molar refractivity (Wildman–Crippen MR) is 60.5 cm³/mol. The molecule has 78 valence electrons. The summed E-state index contributed by atoms with van der Waals surface area (Å²) in [4.78, 5) is 4.27. The first-order valence-electron chi connectivity index (χ1n) is 5.05. The van der Waals surface area contributed by atoms with E-state index in [9.17, 15) is 0 Å². The summed E-state index contributed by atoms with van der Waals surface area (Å²) in [6.07, 6.45) is 3.77. The third kappa shape index (κ3) is 2.06. The molecule has 0 atom stereocenters. The number of hydrogen-bond donors (Lipinski definition) is 0. The van der Waals surface area contributed by atoms with Crippen LogP contribution in [0.4, 0.5) is 0 Å². The van der Waals surface area contributed by atoms with Crippen LogP contribution in [0.5, 0.6) is 0 Å². The second-order valence-corrected chi connectivity index (χ2v) is 4.53. The van der Waals surface area contributed by atoms with Crippen molar-refractivity contribution in [1.82, 2.24) is 14.8 Å². The molecular weight excluding hydrogens is 186 g/mol. The van der Waals surface area contributed by atoms with Gasteiger partial charge >= 0.3 is 0 Å². The van der Waals surface area contributed by atoms with Crippen molar-refractivity contribution < 1.29 is 0 Å². The van der Waals surface area contributed by atoms with E-state index >= 15 is 0 Å². The van der Waals surface area contributed by atoms with E-state index in [0.29, 0.717) is 0 Å². The van der Waals surface area contributed by atoms with Crippen molar-refractivity contribution in [1.29, 1.82) is 0 Å². The van der Waals surface area contributed by atoms with E-state index in [1.54, 1.807) is 6.20 Å². The fourth-order valence-corrected chi connectivity index (χ4v) is 1.35. The van der Waals surface area contributed by atoms with E-state index < -0.39 is 0 Å². The summed E-state index contributed by atoms with van der Waals surface area (Å²) < 4.78 is 1.96. The smallest absolute Gasteiger partial charge is 0.111 e. The molecule has 2 rings (SSSR count). The normalized spacial score (nSPS) is 11.7. The summed E-state index contributed by atoms with van der Waals surface area (Å²) in [5, 5.41) is 4.51. The molecule has 0 spiro atoms. The first kappa shape index (κ1) is 9.90. The molecule has 2 heterocycles. The lowest BCUT2D eigenvalue weighted by molar-refractivity contribution is 0.356. The maximum Gasteiger partial charge on any atom is 0.111 e. The summed E-state index contributed by atoms with van der Waals surface area (Å²) in [5.41, 5.74) is 1.86. The third-order valence-corrected chi connectivity index (χ3v) is 2.20. The third-order valence-electron chi connectivity index (χ3n) is 2.20. The minimum Gasteiger partial charge on any atom is -0.267 e. The lowest BCUT2D eigenvalue weighted by Crippen LogP contribution is -2.22. The molecule has 3 nitrogen and oxygen atoms in total. The Bertz CT molecular complexity index is 437. The molecule has 15 heavy (non-hydrogen) atoms. The van der Waals surface area contributed by atoms with Gasteiger partial charge < -0.3 is 0 Å². The topological polar surface area (TPSA) is 30.7 Å². The Balaban J connectivity index is 2.37. The van der Waals surface area contributed by atoms with E-state index in [4.69, 9.17) is 0 Å². The molecule has 2 aromatic heterocycles. The van der Waals surface area contributed by atoms with Crippen molar-refractivity contribution in [3.63, 3.8) is 0 Å². The molecule has 0 fully saturated rings. The molecule has 0 N–H and O–H groups in total. The van der Waals surface area contributed by atoms with Gasteiger partial charge in [-0.1, -0.05) is 6.07 Å². The highest BCUT2D eigenvalue weighted by Crippen LogP contribution is 2.18. The summed E-state index contributed by atoms with van der Waals surface area (Å²) in [7, 11) is 0. The Morgan fingerprint density at radius 3 is 2.40 bits per heavy atom. The molecule has 0 aliphatic heterocycles. The highest BCUT2D eigenvalue weighted by molar-refractivity contribution is 5.52. The molecule has 0 bridgehead atoms. The van der Waals surface area contributed by atoms with Gasteiger partial charge in [0.1, 0.15) is 5.69 Å². The second-order valence-electron chi connectivity index (χ2n) is 4.53. The zero-order chi connectivity index (χ0) is 10.9. The van der Waals surface area contributed by atoms with Crippen LogP contribution in [-0.2, 0) is 5.54 Å². The number of pyridine rings is 1. The van der Waals surface area contributed by atoms with E-state index in [-0.39, 0.29) is 5.54 Å². The standard InChI is InChI=1S/C12H15N3/c1-12(2,3)15-9-7-11(14-15)10-6-4-5-8-13-10/h4-9H,1-3H3. The molecule has 2 aromatic rings. The van der Waals surface area contributed by atoms with Crippen LogP contribution in [0.3, 0.4) is 0 Å². The molecule has 0 aliphatic carbocycles. The Morgan fingerprint density at radius 2 is 1.87 bits per heavy atom. The lowest BCUT2D eigenvalue weighted by Gasteiger charge is -2.18. The Morgan fingerprint density at radius 1 is 1.07 bits per heavy atom. The van der Waals surface area contributed by atoms with Gasteiger partial charge in [-0.3, -0.25) is 9.67 Å². The SMILES string of the molecule is CC(C)(C)n1ccc(-c2ccccn2)n1. The number of hydrogen-bond acceptors (Lipinski definition) is 2. The summed E-state index contributed by atoms with van der Waals surface area (Å²) in [6, 6.07) is 7.84. The predicted octanol–water partition coefficient (Wildman–Crippen LogP) is 2.70. The van der Waals surface area contributed by atoms with Crippen LogP contribution in [0.25, 0.3) is 11.4 Å². The average molecular weight is 201 g/mol. The van der Waals surface area contributed by atoms with Crippen LogP contribution in [0, 0.1) is 0 Å². The number of rotatable bonds is 1. The van der Waals surface area contributed by atoms with Crippen LogP contribution in [0.15, 0.2) is 36.7 Å². The Labute approximate surface area is 89.8 Å². The first-order chi connectivity index (χ1) is 7.07.